The van der Waals surface area contributed by atoms with Gasteiger partial charge in [0.15, 0.2) is 0 Å². The van der Waals surface area contributed by atoms with Gasteiger partial charge in [0.2, 0.25) is 4.80 Å². The molecule has 116 valence electrons. The van der Waals surface area contributed by atoms with Gasteiger partial charge in [-0.25, -0.2) is 4.68 Å². The fraction of sp³-hybridized carbons (Fsp3) is 0.0588. The van der Waals surface area contributed by atoms with Crippen LogP contribution in [0.5, 0.6) is 0 Å². The number of hydrogen-bond acceptors (Lipinski definition) is 3. The van der Waals surface area contributed by atoms with Gasteiger partial charge in [0, 0.05) is 27.5 Å². The lowest BCUT2D eigenvalue weighted by atomic mass is 10.2. The molecule has 23 heavy (non-hydrogen) atoms. The van der Waals surface area contributed by atoms with Gasteiger partial charge in [0.1, 0.15) is 0 Å². The Morgan fingerprint density at radius 2 is 1.78 bits per heavy atom. The highest BCUT2D eigenvalue weighted by molar-refractivity contribution is 9.10. The molecule has 6 heteroatoms. The van der Waals surface area contributed by atoms with Gasteiger partial charge in [-0.05, 0) is 29.8 Å². The Balaban J connectivity index is 2.02. The molecule has 0 radical (unpaired) electrons. The molecule has 3 nitrogen and oxygen atoms in total. The predicted molar refractivity (Wildman–Crippen MR) is 101 cm³/mol. The molecule has 1 aromatic heterocycles. The second kappa shape index (κ2) is 7.25. The third kappa shape index (κ3) is 3.80. The molecule has 0 bridgehead atoms. The molecule has 0 fully saturated rings. The number of aromatic nitrogens is 1. The lowest BCUT2D eigenvalue weighted by Crippen LogP contribution is -2.11. The van der Waals surface area contributed by atoms with Crippen molar-refractivity contribution in [3.63, 3.8) is 0 Å². The molecule has 0 amide bonds. The molecular formula is C17H13BrClN3S. The summed E-state index contributed by atoms with van der Waals surface area (Å²) >= 11 is 11.0. The van der Waals surface area contributed by atoms with E-state index in [9.17, 15) is 0 Å². The molecule has 0 N–H and O–H groups in total. The summed E-state index contributed by atoms with van der Waals surface area (Å²) in [5, 5.41) is 7.36. The van der Waals surface area contributed by atoms with E-state index in [1.807, 2.05) is 64.8 Å². The van der Waals surface area contributed by atoms with Crippen LogP contribution in [0.1, 0.15) is 5.56 Å². The first-order valence-electron chi connectivity index (χ1n) is 6.86. The first-order valence-corrected chi connectivity index (χ1v) is 8.91. The third-order valence-corrected chi connectivity index (χ3v) is 4.90. The van der Waals surface area contributed by atoms with Gasteiger partial charge in [0.05, 0.1) is 11.9 Å². The topological polar surface area (TPSA) is 29.6 Å². The van der Waals surface area contributed by atoms with Gasteiger partial charge in [-0.3, -0.25) is 4.99 Å². The van der Waals surface area contributed by atoms with E-state index < -0.39 is 0 Å². The average molecular weight is 407 g/mol. The minimum absolute atomic E-state index is 0.717. The van der Waals surface area contributed by atoms with E-state index in [4.69, 9.17) is 11.6 Å². The highest BCUT2D eigenvalue weighted by Crippen LogP contribution is 2.22. The Morgan fingerprint density at radius 3 is 2.43 bits per heavy atom. The van der Waals surface area contributed by atoms with Crippen molar-refractivity contribution in [3.05, 3.63) is 73.8 Å². The fourth-order valence-electron chi connectivity index (χ4n) is 2.05. The highest BCUT2D eigenvalue weighted by atomic mass is 79.9. The van der Waals surface area contributed by atoms with Crippen molar-refractivity contribution in [1.82, 2.24) is 4.68 Å². The standard InChI is InChI=1S/C17H13BrClN3S/c1-20-17-22(21-10-12-2-6-14(18)7-3-12)16(11-23-17)13-4-8-15(19)9-5-13/h2-11H,1H3. The summed E-state index contributed by atoms with van der Waals surface area (Å²) in [7, 11) is 1.77. The maximum atomic E-state index is 5.97. The largest absolute Gasteiger partial charge is 0.261 e. The number of benzene rings is 2. The van der Waals surface area contributed by atoms with Crippen molar-refractivity contribution in [3.8, 4) is 11.3 Å². The normalized spacial score (nSPS) is 12.2. The Morgan fingerprint density at radius 1 is 1.09 bits per heavy atom. The molecule has 3 aromatic rings. The zero-order valence-corrected chi connectivity index (χ0v) is 15.4. The molecule has 0 aliphatic carbocycles. The van der Waals surface area contributed by atoms with E-state index in [2.05, 4.69) is 26.0 Å². The van der Waals surface area contributed by atoms with Crippen LogP contribution in [-0.4, -0.2) is 17.9 Å². The minimum atomic E-state index is 0.717. The summed E-state index contributed by atoms with van der Waals surface area (Å²) in [6.45, 7) is 0. The van der Waals surface area contributed by atoms with Gasteiger partial charge >= 0.3 is 0 Å². The first kappa shape index (κ1) is 16.2. The Bertz CT molecular complexity index is 893. The van der Waals surface area contributed by atoms with Gasteiger partial charge < -0.3 is 0 Å². The van der Waals surface area contributed by atoms with Crippen LogP contribution in [-0.2, 0) is 0 Å². The molecule has 0 unspecified atom stereocenters. The molecule has 2 aromatic carbocycles. The van der Waals surface area contributed by atoms with Crippen LogP contribution < -0.4 is 4.80 Å². The number of rotatable bonds is 3. The van der Waals surface area contributed by atoms with Crippen molar-refractivity contribution in [2.75, 3.05) is 7.05 Å². The number of halogens is 2. The van der Waals surface area contributed by atoms with Crippen LogP contribution >= 0.6 is 38.9 Å². The molecule has 0 aliphatic heterocycles. The summed E-state index contributed by atoms with van der Waals surface area (Å²) in [5.74, 6) is 0. The lowest BCUT2D eigenvalue weighted by Gasteiger charge is -2.03. The van der Waals surface area contributed by atoms with Crippen LogP contribution in [0.25, 0.3) is 11.3 Å². The van der Waals surface area contributed by atoms with Gasteiger partial charge in [-0.1, -0.05) is 51.8 Å². The van der Waals surface area contributed by atoms with Crippen LogP contribution in [0.4, 0.5) is 0 Å². The second-order valence-corrected chi connectivity index (χ2v) is 6.93. The summed E-state index contributed by atoms with van der Waals surface area (Å²) in [4.78, 5) is 5.13. The first-order chi connectivity index (χ1) is 11.2. The molecule has 3 rings (SSSR count). The minimum Gasteiger partial charge on any atom is -0.261 e. The molecule has 0 spiro atoms. The SMILES string of the molecule is CN=c1scc(-c2ccc(Cl)cc2)n1N=Cc1ccc(Br)cc1. The number of nitrogens with zero attached hydrogens (tertiary/aromatic N) is 3. The third-order valence-electron chi connectivity index (χ3n) is 3.21. The highest BCUT2D eigenvalue weighted by Gasteiger charge is 2.06. The van der Waals surface area contributed by atoms with Crippen molar-refractivity contribution in [1.29, 1.82) is 0 Å². The van der Waals surface area contributed by atoms with Gasteiger partial charge in [-0.2, -0.15) is 5.10 Å². The predicted octanol–water partition coefficient (Wildman–Crippen LogP) is 5.05. The Labute approximate surface area is 151 Å². The van der Waals surface area contributed by atoms with Crippen molar-refractivity contribution in [2.24, 2.45) is 10.1 Å². The summed E-state index contributed by atoms with van der Waals surface area (Å²) in [6.07, 6.45) is 1.83. The van der Waals surface area contributed by atoms with Crippen molar-refractivity contribution >= 4 is 45.1 Å². The Hall–Kier alpha value is -1.69. The van der Waals surface area contributed by atoms with Crippen molar-refractivity contribution < 1.29 is 0 Å². The average Bonchev–Trinajstić information content (AvgIpc) is 2.98. The molecule has 0 saturated heterocycles. The van der Waals surface area contributed by atoms with Gasteiger partial charge in [-0.15, -0.1) is 11.3 Å². The fourth-order valence-corrected chi connectivity index (χ4v) is 3.25. The quantitative estimate of drug-likeness (QED) is 0.545. The smallest absolute Gasteiger partial charge is 0.205 e. The lowest BCUT2D eigenvalue weighted by molar-refractivity contribution is 0.848. The van der Waals surface area contributed by atoms with Crippen molar-refractivity contribution in [2.45, 2.75) is 0 Å². The second-order valence-electron chi connectivity index (χ2n) is 4.74. The monoisotopic (exact) mass is 405 g/mol. The van der Waals surface area contributed by atoms with Crippen LogP contribution in [0, 0.1) is 0 Å². The number of hydrogen-bond donors (Lipinski definition) is 0. The summed E-state index contributed by atoms with van der Waals surface area (Å²) < 4.78 is 2.89. The van der Waals surface area contributed by atoms with Crippen LogP contribution in [0.3, 0.4) is 0 Å². The van der Waals surface area contributed by atoms with E-state index in [1.54, 1.807) is 18.4 Å². The zero-order chi connectivity index (χ0) is 16.2. The number of thiazole rings is 1. The molecule has 0 saturated carbocycles. The zero-order valence-electron chi connectivity index (χ0n) is 12.3. The summed E-state index contributed by atoms with van der Waals surface area (Å²) in [5.41, 5.74) is 3.06. The molecular weight excluding hydrogens is 394 g/mol. The van der Waals surface area contributed by atoms with Crippen LogP contribution in [0.2, 0.25) is 5.02 Å². The Kier molecular flexibility index (Phi) is 5.10. The van der Waals surface area contributed by atoms with Crippen LogP contribution in [0.15, 0.2) is 68.5 Å². The summed E-state index contributed by atoms with van der Waals surface area (Å²) in [6, 6.07) is 15.7. The van der Waals surface area contributed by atoms with E-state index in [0.717, 1.165) is 26.1 Å². The van der Waals surface area contributed by atoms with Gasteiger partial charge in [0.25, 0.3) is 0 Å². The van der Waals surface area contributed by atoms with E-state index in [0.29, 0.717) is 5.02 Å². The van der Waals surface area contributed by atoms with E-state index >= 15 is 0 Å². The maximum Gasteiger partial charge on any atom is 0.205 e. The maximum absolute atomic E-state index is 5.97. The van der Waals surface area contributed by atoms with E-state index in [1.165, 1.54) is 0 Å². The molecule has 1 heterocycles. The molecule has 0 aliphatic rings. The molecule has 0 atom stereocenters. The van der Waals surface area contributed by atoms with E-state index in [-0.39, 0.29) is 0 Å².